The minimum atomic E-state index is -0.953. The van der Waals surface area contributed by atoms with Crippen molar-refractivity contribution < 1.29 is 23.9 Å². The highest BCUT2D eigenvalue weighted by Gasteiger charge is 2.55. The Balaban J connectivity index is 1.36. The number of methoxy groups -OCH3 is 1. The van der Waals surface area contributed by atoms with E-state index in [1.165, 1.54) is 7.11 Å². The van der Waals surface area contributed by atoms with Crippen molar-refractivity contribution in [1.82, 2.24) is 20.5 Å². The zero-order valence-corrected chi connectivity index (χ0v) is 19.6. The van der Waals surface area contributed by atoms with E-state index < -0.39 is 24.0 Å². The van der Waals surface area contributed by atoms with Gasteiger partial charge in [-0.05, 0) is 49.7 Å². The first-order valence-corrected chi connectivity index (χ1v) is 11.9. The van der Waals surface area contributed by atoms with Gasteiger partial charge in [-0.2, -0.15) is 0 Å². The smallest absolute Gasteiger partial charge is 0.328 e. The Morgan fingerprint density at radius 3 is 2.76 bits per heavy atom. The number of fused-ring (bicyclic) bond motifs is 1. The third kappa shape index (κ3) is 4.13. The molecule has 3 atom stereocenters. The molecule has 1 saturated carbocycles. The number of H-pyrrole nitrogens is 1. The summed E-state index contributed by atoms with van der Waals surface area (Å²) in [6, 6.07) is 5.51. The quantitative estimate of drug-likeness (QED) is 0.539. The number of amides is 3. The van der Waals surface area contributed by atoms with E-state index in [2.05, 4.69) is 15.6 Å². The van der Waals surface area contributed by atoms with E-state index in [-0.39, 0.29) is 29.6 Å². The fraction of sp³-hybridized carbons (Fsp3) is 0.500. The van der Waals surface area contributed by atoms with E-state index in [1.54, 1.807) is 17.0 Å². The summed E-state index contributed by atoms with van der Waals surface area (Å²) in [5.74, 6) is -1.77. The van der Waals surface area contributed by atoms with Gasteiger partial charge in [0.2, 0.25) is 11.8 Å². The highest BCUT2D eigenvalue weighted by Crippen LogP contribution is 2.55. The van der Waals surface area contributed by atoms with Crippen molar-refractivity contribution in [1.29, 1.82) is 0 Å². The van der Waals surface area contributed by atoms with E-state index in [0.29, 0.717) is 42.2 Å². The fourth-order valence-corrected chi connectivity index (χ4v) is 5.44. The molecule has 5 rings (SSSR count). The summed E-state index contributed by atoms with van der Waals surface area (Å²) in [5.41, 5.74) is 0.994. The van der Waals surface area contributed by atoms with E-state index >= 15 is 0 Å². The molecule has 2 aliphatic heterocycles. The number of aromatic nitrogens is 1. The first-order chi connectivity index (χ1) is 16.3. The van der Waals surface area contributed by atoms with E-state index in [4.69, 9.17) is 16.3 Å². The molecule has 0 unspecified atom stereocenters. The largest absolute Gasteiger partial charge is 0.467 e. The van der Waals surface area contributed by atoms with Crippen LogP contribution < -0.4 is 10.6 Å². The average Bonchev–Trinajstić information content (AvgIpc) is 3.14. The summed E-state index contributed by atoms with van der Waals surface area (Å²) in [7, 11) is 1.25. The van der Waals surface area contributed by atoms with Crippen LogP contribution in [0, 0.1) is 11.3 Å². The number of para-hydroxylation sites is 1. The summed E-state index contributed by atoms with van der Waals surface area (Å²) >= 11 is 6.26. The van der Waals surface area contributed by atoms with Crippen LogP contribution in [-0.4, -0.2) is 65.9 Å². The standard InChI is InChI=1S/C24H27ClN4O5/c1-34-23(33)17(10-14-5-8-26-20(14)30)28-21(31)18-11-24(6-7-24)12-29(18)22(32)16-9-13-3-2-4-15(25)19(13)27-16/h2-4,9,14,17-18,27H,5-8,10-12H2,1H3,(H,26,30)(H,28,31)/t14-,17-,18-/m0/s1. The van der Waals surface area contributed by atoms with Gasteiger partial charge in [-0.1, -0.05) is 23.7 Å². The molecule has 180 valence electrons. The molecule has 3 N–H and O–H groups in total. The van der Waals surface area contributed by atoms with Gasteiger partial charge in [0.1, 0.15) is 17.8 Å². The minimum Gasteiger partial charge on any atom is -0.467 e. The molecule has 0 radical (unpaired) electrons. The second kappa shape index (κ2) is 8.61. The van der Waals surface area contributed by atoms with Crippen LogP contribution in [-0.2, 0) is 19.1 Å². The number of benzene rings is 1. The summed E-state index contributed by atoms with van der Waals surface area (Å²) < 4.78 is 4.88. The van der Waals surface area contributed by atoms with E-state index in [1.807, 2.05) is 12.1 Å². The molecular weight excluding hydrogens is 460 g/mol. The molecule has 1 aromatic carbocycles. The molecule has 10 heteroatoms. The molecule has 0 bridgehead atoms. The third-order valence-electron chi connectivity index (χ3n) is 7.35. The predicted molar refractivity (Wildman–Crippen MR) is 124 cm³/mol. The average molecular weight is 487 g/mol. The van der Waals surface area contributed by atoms with Gasteiger partial charge < -0.3 is 25.3 Å². The van der Waals surface area contributed by atoms with Crippen molar-refractivity contribution in [3.63, 3.8) is 0 Å². The summed E-state index contributed by atoms with van der Waals surface area (Å²) in [5, 5.41) is 6.85. The Morgan fingerprint density at radius 2 is 2.12 bits per heavy atom. The zero-order valence-electron chi connectivity index (χ0n) is 18.9. The van der Waals surface area contributed by atoms with Crippen LogP contribution in [0.4, 0.5) is 0 Å². The topological polar surface area (TPSA) is 121 Å². The fourth-order valence-electron chi connectivity index (χ4n) is 5.21. The van der Waals surface area contributed by atoms with Gasteiger partial charge in [0, 0.05) is 24.4 Å². The van der Waals surface area contributed by atoms with Gasteiger partial charge in [0.25, 0.3) is 5.91 Å². The van der Waals surface area contributed by atoms with Crippen LogP contribution in [0.15, 0.2) is 24.3 Å². The number of carbonyl (C=O) groups is 4. The lowest BCUT2D eigenvalue weighted by Gasteiger charge is -2.26. The van der Waals surface area contributed by atoms with Crippen LogP contribution in [0.1, 0.15) is 42.6 Å². The second-order valence-electron chi connectivity index (χ2n) is 9.64. The van der Waals surface area contributed by atoms with Gasteiger partial charge >= 0.3 is 5.97 Å². The summed E-state index contributed by atoms with van der Waals surface area (Å²) in [6.07, 6.45) is 3.23. The molecular formula is C24H27ClN4O5. The number of hydrogen-bond donors (Lipinski definition) is 3. The maximum Gasteiger partial charge on any atom is 0.328 e. The van der Waals surface area contributed by atoms with Crippen LogP contribution in [0.5, 0.6) is 0 Å². The Kier molecular flexibility index (Phi) is 5.75. The SMILES string of the molecule is COC(=O)[C@H](C[C@@H]1CCNC1=O)NC(=O)[C@@H]1CC2(CC2)CN1C(=O)c1cc2cccc(Cl)c2[nH]1. The first kappa shape index (κ1) is 22.7. The molecule has 3 amide bonds. The van der Waals surface area contributed by atoms with Crippen LogP contribution in [0.25, 0.3) is 10.9 Å². The molecule has 1 aliphatic carbocycles. The first-order valence-electron chi connectivity index (χ1n) is 11.5. The van der Waals surface area contributed by atoms with Crippen molar-refractivity contribution in [2.24, 2.45) is 11.3 Å². The van der Waals surface area contributed by atoms with Gasteiger partial charge in [0.05, 0.1) is 17.6 Å². The molecule has 3 fully saturated rings. The lowest BCUT2D eigenvalue weighted by atomic mass is 9.97. The highest BCUT2D eigenvalue weighted by molar-refractivity contribution is 6.35. The molecule has 1 spiro atoms. The monoisotopic (exact) mass is 486 g/mol. The Labute approximate surface area is 201 Å². The molecule has 3 aliphatic rings. The zero-order chi connectivity index (χ0) is 24.0. The number of aromatic amines is 1. The van der Waals surface area contributed by atoms with Gasteiger partial charge in [-0.25, -0.2) is 4.79 Å². The summed E-state index contributed by atoms with van der Waals surface area (Å²) in [4.78, 5) is 56.0. The van der Waals surface area contributed by atoms with Crippen molar-refractivity contribution >= 4 is 46.2 Å². The van der Waals surface area contributed by atoms with Crippen molar-refractivity contribution in [3.8, 4) is 0 Å². The molecule has 3 heterocycles. The second-order valence-corrected chi connectivity index (χ2v) is 10.0. The number of halogens is 1. The normalized spacial score (nSPS) is 23.7. The number of ether oxygens (including phenoxy) is 1. The number of rotatable bonds is 6. The van der Waals surface area contributed by atoms with Crippen molar-refractivity contribution in [2.75, 3.05) is 20.2 Å². The molecule has 2 aromatic rings. The number of likely N-dealkylation sites (tertiary alicyclic amines) is 1. The predicted octanol–water partition coefficient (Wildman–Crippen LogP) is 2.00. The maximum absolute atomic E-state index is 13.5. The van der Waals surface area contributed by atoms with Crippen LogP contribution in [0.3, 0.4) is 0 Å². The number of hydrogen-bond acceptors (Lipinski definition) is 5. The third-order valence-corrected chi connectivity index (χ3v) is 7.66. The Morgan fingerprint density at radius 1 is 1.32 bits per heavy atom. The van der Waals surface area contributed by atoms with Gasteiger partial charge in [-0.15, -0.1) is 0 Å². The Hall–Kier alpha value is -3.07. The number of esters is 1. The highest BCUT2D eigenvalue weighted by atomic mass is 35.5. The number of nitrogens with one attached hydrogen (secondary N) is 3. The molecule has 1 aromatic heterocycles. The summed E-state index contributed by atoms with van der Waals surface area (Å²) in [6.45, 7) is 1.04. The number of carbonyl (C=O) groups excluding carboxylic acids is 4. The minimum absolute atomic E-state index is 0.0482. The van der Waals surface area contributed by atoms with E-state index in [0.717, 1.165) is 18.2 Å². The number of nitrogens with zero attached hydrogens (tertiary/aromatic N) is 1. The van der Waals surface area contributed by atoms with Gasteiger partial charge in [-0.3, -0.25) is 14.4 Å². The van der Waals surface area contributed by atoms with Crippen molar-refractivity contribution in [2.45, 2.75) is 44.2 Å². The maximum atomic E-state index is 13.5. The Bertz CT molecular complexity index is 1170. The molecule has 9 nitrogen and oxygen atoms in total. The van der Waals surface area contributed by atoms with Gasteiger partial charge in [0.15, 0.2) is 0 Å². The lowest BCUT2D eigenvalue weighted by Crippen LogP contribution is -2.51. The van der Waals surface area contributed by atoms with Crippen LogP contribution >= 0.6 is 11.6 Å². The molecule has 34 heavy (non-hydrogen) atoms. The van der Waals surface area contributed by atoms with E-state index in [9.17, 15) is 19.2 Å². The lowest BCUT2D eigenvalue weighted by molar-refractivity contribution is -0.146. The molecule has 2 saturated heterocycles. The van der Waals surface area contributed by atoms with Crippen LogP contribution in [0.2, 0.25) is 5.02 Å². The van der Waals surface area contributed by atoms with Crippen molar-refractivity contribution in [3.05, 3.63) is 35.0 Å².